The number of rotatable bonds is 1. The Bertz CT molecular complexity index is 1180. The molecule has 2 aliphatic heterocycles. The van der Waals surface area contributed by atoms with E-state index in [1.807, 2.05) is 0 Å². The van der Waals surface area contributed by atoms with Crippen LogP contribution in [0.25, 0.3) is 11.3 Å². The first kappa shape index (κ1) is 23.6. The molecule has 1 atom stereocenters. The molecule has 4 rings (SSSR count). The quantitative estimate of drug-likeness (QED) is 0.494. The molecule has 0 saturated carbocycles. The smallest absolute Gasteiger partial charge is 0.410 e. The van der Waals surface area contributed by atoms with E-state index in [2.05, 4.69) is 4.98 Å². The molecule has 1 aromatic carbocycles. The molecule has 1 N–H and O–H groups in total. The lowest BCUT2D eigenvalue weighted by atomic mass is 10.1. The number of hydrogen-bond acceptors (Lipinski definition) is 6. The van der Waals surface area contributed by atoms with Gasteiger partial charge in [0.05, 0.1) is 11.6 Å². The van der Waals surface area contributed by atoms with Crippen molar-refractivity contribution in [2.24, 2.45) is 0 Å². The molecule has 1 saturated heterocycles. The second kappa shape index (κ2) is 8.33. The minimum atomic E-state index is -1.48. The van der Waals surface area contributed by atoms with E-state index in [-0.39, 0.29) is 26.2 Å². The molecule has 182 valence electrons. The molecule has 1 fully saturated rings. The maximum Gasteiger partial charge on any atom is 0.410 e. The monoisotopic (exact) mass is 483 g/mol. The van der Waals surface area contributed by atoms with Crippen LogP contribution in [0.3, 0.4) is 0 Å². The van der Waals surface area contributed by atoms with E-state index in [0.29, 0.717) is 12.1 Å². The zero-order chi connectivity index (χ0) is 24.9. The number of halogens is 4. The molecule has 0 aliphatic carbocycles. The standard InChI is InChI=1S/C22H21F4N3O5/c1-22(2,3)34-21(32)28-6-7-29-10(8-28)9-33-18-14(20(29)31)19(26)27-16(15(18)25)13-11(23)4-5-12(24)17(13)30/h4-5,10,30H,6-9H2,1-3H3. The topological polar surface area (TPSA) is 92.2 Å². The summed E-state index contributed by atoms with van der Waals surface area (Å²) in [4.78, 5) is 31.4. The van der Waals surface area contributed by atoms with Crippen LogP contribution in [0.2, 0.25) is 0 Å². The van der Waals surface area contributed by atoms with E-state index in [4.69, 9.17) is 9.47 Å². The van der Waals surface area contributed by atoms with E-state index in [0.717, 1.165) is 0 Å². The van der Waals surface area contributed by atoms with Crippen molar-refractivity contribution in [2.45, 2.75) is 32.4 Å². The van der Waals surface area contributed by atoms with E-state index >= 15 is 4.39 Å². The van der Waals surface area contributed by atoms with Crippen molar-refractivity contribution >= 4 is 12.0 Å². The molecule has 0 spiro atoms. The van der Waals surface area contributed by atoms with Gasteiger partial charge in [0.25, 0.3) is 5.91 Å². The van der Waals surface area contributed by atoms with Crippen LogP contribution < -0.4 is 4.74 Å². The summed E-state index contributed by atoms with van der Waals surface area (Å²) in [7, 11) is 0. The molecule has 0 bridgehead atoms. The Morgan fingerprint density at radius 3 is 2.50 bits per heavy atom. The number of hydrogen-bond donors (Lipinski definition) is 1. The van der Waals surface area contributed by atoms with Crippen LogP contribution >= 0.6 is 0 Å². The van der Waals surface area contributed by atoms with Crippen LogP contribution in [-0.2, 0) is 4.74 Å². The van der Waals surface area contributed by atoms with Crippen LogP contribution in [-0.4, -0.2) is 69.8 Å². The Kier molecular flexibility index (Phi) is 5.78. The van der Waals surface area contributed by atoms with Gasteiger partial charge in [0.2, 0.25) is 5.95 Å². The predicted octanol–water partition coefficient (Wildman–Crippen LogP) is 3.46. The van der Waals surface area contributed by atoms with E-state index in [9.17, 15) is 27.9 Å². The number of carbonyl (C=O) groups is 2. The highest BCUT2D eigenvalue weighted by atomic mass is 19.1. The summed E-state index contributed by atoms with van der Waals surface area (Å²) < 4.78 is 69.0. The molecule has 2 aliphatic rings. The Hall–Kier alpha value is -3.57. The third-order valence-corrected chi connectivity index (χ3v) is 5.39. The zero-order valence-electron chi connectivity index (χ0n) is 18.5. The molecule has 2 aromatic rings. The summed E-state index contributed by atoms with van der Waals surface area (Å²) in [5.41, 5.74) is -3.61. The fourth-order valence-corrected chi connectivity index (χ4v) is 3.85. The van der Waals surface area contributed by atoms with Crippen molar-refractivity contribution in [2.75, 3.05) is 26.2 Å². The van der Waals surface area contributed by atoms with Crippen LogP contribution in [0.15, 0.2) is 12.1 Å². The maximum atomic E-state index is 15.3. The van der Waals surface area contributed by atoms with E-state index in [1.165, 1.54) is 9.80 Å². The number of fused-ring (bicyclic) bond motifs is 2. The number of amides is 2. The average Bonchev–Trinajstić information content (AvgIpc) is 2.90. The van der Waals surface area contributed by atoms with Crippen LogP contribution in [0.4, 0.5) is 22.4 Å². The third-order valence-electron chi connectivity index (χ3n) is 5.39. The van der Waals surface area contributed by atoms with Gasteiger partial charge in [-0.2, -0.15) is 4.39 Å². The van der Waals surface area contributed by atoms with Gasteiger partial charge in [-0.1, -0.05) is 0 Å². The van der Waals surface area contributed by atoms with E-state index < -0.39 is 75.4 Å². The van der Waals surface area contributed by atoms with E-state index in [1.54, 1.807) is 20.8 Å². The molecule has 1 unspecified atom stereocenters. The number of piperazine rings is 1. The number of aromatic hydroxyl groups is 1. The lowest BCUT2D eigenvalue weighted by molar-refractivity contribution is 0.000808. The lowest BCUT2D eigenvalue weighted by Crippen LogP contribution is -2.58. The van der Waals surface area contributed by atoms with Crippen molar-refractivity contribution in [1.82, 2.24) is 14.8 Å². The Morgan fingerprint density at radius 2 is 1.82 bits per heavy atom. The molecular weight excluding hydrogens is 462 g/mol. The van der Waals surface area contributed by atoms with Gasteiger partial charge in [-0.15, -0.1) is 0 Å². The largest absolute Gasteiger partial charge is 0.504 e. The van der Waals surface area contributed by atoms with Gasteiger partial charge in [-0.25, -0.2) is 22.9 Å². The molecule has 2 amide bonds. The number of phenolic OH excluding ortho intramolecular Hbond substituents is 1. The Morgan fingerprint density at radius 1 is 1.15 bits per heavy atom. The van der Waals surface area contributed by atoms with Crippen LogP contribution in [0.1, 0.15) is 31.1 Å². The summed E-state index contributed by atoms with van der Waals surface area (Å²) in [6.45, 7) is 4.84. The predicted molar refractivity (Wildman–Crippen MR) is 109 cm³/mol. The minimum absolute atomic E-state index is 0.00628. The highest BCUT2D eigenvalue weighted by Gasteiger charge is 2.41. The molecule has 3 heterocycles. The van der Waals surface area contributed by atoms with Gasteiger partial charge in [0.1, 0.15) is 29.3 Å². The molecular formula is C22H21F4N3O5. The van der Waals surface area contributed by atoms with Gasteiger partial charge in [-0.3, -0.25) is 4.79 Å². The summed E-state index contributed by atoms with van der Waals surface area (Å²) in [6, 6.07) is 0.468. The maximum absolute atomic E-state index is 15.3. The summed E-state index contributed by atoms with van der Waals surface area (Å²) in [6.07, 6.45) is -0.611. The number of phenols is 1. The number of pyridine rings is 1. The Labute approximate surface area is 191 Å². The summed E-state index contributed by atoms with van der Waals surface area (Å²) in [5.74, 6) is -8.48. The van der Waals surface area contributed by atoms with Gasteiger partial charge in [-0.05, 0) is 32.9 Å². The highest BCUT2D eigenvalue weighted by Crippen LogP contribution is 2.40. The van der Waals surface area contributed by atoms with Gasteiger partial charge < -0.3 is 24.4 Å². The second-order valence-electron chi connectivity index (χ2n) is 8.91. The fraction of sp³-hybridized carbons (Fsp3) is 0.409. The number of benzene rings is 1. The molecule has 1 aromatic heterocycles. The van der Waals surface area contributed by atoms with Gasteiger partial charge in [0, 0.05) is 19.6 Å². The number of nitrogens with zero attached hydrogens (tertiary/aromatic N) is 3. The molecule has 0 radical (unpaired) electrons. The molecule has 8 nitrogen and oxygen atoms in total. The first-order chi connectivity index (χ1) is 15.9. The summed E-state index contributed by atoms with van der Waals surface area (Å²) >= 11 is 0. The average molecular weight is 483 g/mol. The Balaban J connectivity index is 1.70. The SMILES string of the molecule is CC(C)(C)OC(=O)N1CCN2C(=O)c3c(F)nc(-c4c(F)ccc(F)c4O)c(F)c3OCC2C1. The third kappa shape index (κ3) is 4.08. The number of aromatic nitrogens is 1. The fourth-order valence-electron chi connectivity index (χ4n) is 3.85. The number of ether oxygens (including phenoxy) is 2. The normalized spacial score (nSPS) is 18.1. The van der Waals surface area contributed by atoms with Crippen molar-refractivity contribution in [3.8, 4) is 22.8 Å². The van der Waals surface area contributed by atoms with Crippen molar-refractivity contribution in [1.29, 1.82) is 0 Å². The first-order valence-corrected chi connectivity index (χ1v) is 10.4. The van der Waals surface area contributed by atoms with Crippen molar-refractivity contribution < 1.29 is 41.7 Å². The minimum Gasteiger partial charge on any atom is -0.504 e. The highest BCUT2D eigenvalue weighted by molar-refractivity contribution is 5.98. The van der Waals surface area contributed by atoms with Crippen molar-refractivity contribution in [3.63, 3.8) is 0 Å². The lowest BCUT2D eigenvalue weighted by Gasteiger charge is -2.40. The number of carbonyl (C=O) groups excluding carboxylic acids is 2. The van der Waals surface area contributed by atoms with Crippen LogP contribution in [0.5, 0.6) is 11.5 Å². The molecule has 34 heavy (non-hydrogen) atoms. The van der Waals surface area contributed by atoms with Gasteiger partial charge >= 0.3 is 6.09 Å². The van der Waals surface area contributed by atoms with Crippen molar-refractivity contribution in [3.05, 3.63) is 41.1 Å². The summed E-state index contributed by atoms with van der Waals surface area (Å²) in [5, 5.41) is 9.88. The zero-order valence-corrected chi connectivity index (χ0v) is 18.5. The first-order valence-electron chi connectivity index (χ1n) is 10.4. The van der Waals surface area contributed by atoms with Crippen LogP contribution in [0, 0.1) is 23.4 Å². The molecule has 12 heteroatoms. The van der Waals surface area contributed by atoms with Gasteiger partial charge in [0.15, 0.2) is 23.1 Å². The second-order valence-corrected chi connectivity index (χ2v) is 8.91.